The average Bonchev–Trinajstić information content (AvgIpc) is 1.24. The van der Waals surface area contributed by atoms with Crippen LogP contribution in [0.5, 0.6) is 0 Å². The van der Waals surface area contributed by atoms with Crippen molar-refractivity contribution in [2.24, 2.45) is 17.8 Å². The second kappa shape index (κ2) is 83.9. The predicted octanol–water partition coefficient (Wildman–Crippen LogP) is 29.1. The number of rotatable bonds is 87. The molecule has 1 aliphatic rings. The maximum Gasteiger partial charge on any atom is 0.508 e. The Morgan fingerprint density at radius 3 is 1.28 bits per heavy atom. The summed E-state index contributed by atoms with van der Waals surface area (Å²) in [5.74, 6) is 1.30. The number of hydrogen-bond acceptors (Lipinski definition) is 15. The molecule has 0 aliphatic carbocycles. The Kier molecular flexibility index (Phi) is 79.8. The lowest BCUT2D eigenvalue weighted by Crippen LogP contribution is -2.27. The fourth-order valence-corrected chi connectivity index (χ4v) is 16.3. The molecule has 1 rings (SSSR count). The summed E-state index contributed by atoms with van der Waals surface area (Å²) < 4.78 is 46.5. The van der Waals surface area contributed by atoms with Crippen LogP contribution in [0, 0.1) is 17.8 Å². The maximum absolute atomic E-state index is 13.2. The highest BCUT2D eigenvalue weighted by Crippen LogP contribution is 2.32. The molecule has 0 spiro atoms. The summed E-state index contributed by atoms with van der Waals surface area (Å²) in [7, 11) is 2.22. The van der Waals surface area contributed by atoms with Gasteiger partial charge in [-0.3, -0.25) is 14.4 Å². The summed E-state index contributed by atoms with van der Waals surface area (Å²) in [6.07, 6.45) is 76.7. The minimum atomic E-state index is -0.591. The number of ether oxygens (including phenoxy) is 8. The van der Waals surface area contributed by atoms with Gasteiger partial charge < -0.3 is 47.7 Å². The number of nitrogens with zero attached hydrogens (tertiary/aromatic N) is 2. The largest absolute Gasteiger partial charge is 0.508 e. The highest BCUT2D eigenvalue weighted by atomic mass is 16.7. The van der Waals surface area contributed by atoms with Gasteiger partial charge in [0.05, 0.1) is 32.5 Å². The van der Waals surface area contributed by atoms with Crippen LogP contribution in [0.4, 0.5) is 9.59 Å². The molecule has 0 aromatic carbocycles. The number of carbonyl (C=O) groups excluding carboxylic acids is 5. The Morgan fingerprint density at radius 2 is 0.774 bits per heavy atom. The molecule has 1 fully saturated rings. The molecule has 115 heavy (non-hydrogen) atoms. The molecule has 0 saturated carbocycles. The van der Waals surface area contributed by atoms with Crippen molar-refractivity contribution < 1.29 is 61.9 Å². The van der Waals surface area contributed by atoms with E-state index >= 15 is 0 Å². The minimum absolute atomic E-state index is 0.00182. The molecule has 0 aromatic rings. The monoisotopic (exact) mass is 1630 g/mol. The van der Waals surface area contributed by atoms with Gasteiger partial charge in [-0.2, -0.15) is 0 Å². The fourth-order valence-electron chi connectivity index (χ4n) is 16.3. The number of hydrogen-bond donors (Lipinski definition) is 0. The lowest BCUT2D eigenvalue weighted by atomic mass is 9.81. The third-order valence-electron chi connectivity index (χ3n) is 24.1. The Bertz CT molecular complexity index is 2210. The smallest absolute Gasteiger partial charge is 0.466 e. The first-order valence-corrected chi connectivity index (χ1v) is 49.8. The minimum Gasteiger partial charge on any atom is -0.466 e. The van der Waals surface area contributed by atoms with Crippen molar-refractivity contribution >= 4 is 30.2 Å². The van der Waals surface area contributed by atoms with Crippen LogP contribution >= 0.6 is 0 Å². The number of allylic oxidation sites excluding steroid dienone is 2. The standard InChI is InChI=1S/C100H188N2O13/c1-10-16-21-23-32-42-58-82-111-99(106)112-83-59-43-33-30-38-51-70-95(115-98(105)74-62-80-102-78-55-56-79-102)71-52-39-31-34-44-60-84-113-100(107)114-88-93(67-48-35-22-17-11-2)92(63-15-6)87-91(66-47-20-14-5)76-86-110-97(104)73-54-41-29-25-27-37-50-69-94(108-81-61-57-77-101(9)89(7)8)68-49-36-26-24-28-40-53-72-96(103)109-85-75-90(64-45-18-12-3)65-46-19-13-4/h42,58,67,89-92,94-95H,10-41,43-57,59-66,68-88H2,1-9H3/b58-42-,93-67+. The van der Waals surface area contributed by atoms with Gasteiger partial charge in [0.15, 0.2) is 0 Å². The average molecular weight is 1630 g/mol. The van der Waals surface area contributed by atoms with Crippen LogP contribution < -0.4 is 0 Å². The number of unbranched alkanes of at least 4 members (excludes halogenated alkanes) is 37. The molecule has 0 N–H and O–H groups in total. The normalized spacial score (nSPS) is 13.8. The van der Waals surface area contributed by atoms with Crippen molar-refractivity contribution in [1.29, 1.82) is 0 Å². The molecule has 0 aromatic heterocycles. The second-order valence-electron chi connectivity index (χ2n) is 35.1. The van der Waals surface area contributed by atoms with Gasteiger partial charge in [-0.1, -0.05) is 310 Å². The van der Waals surface area contributed by atoms with E-state index in [4.69, 9.17) is 37.9 Å². The topological polar surface area (TPSA) is 166 Å². The lowest BCUT2D eigenvalue weighted by molar-refractivity contribution is -0.150. The van der Waals surface area contributed by atoms with Gasteiger partial charge in [0.25, 0.3) is 0 Å². The highest BCUT2D eigenvalue weighted by molar-refractivity contribution is 5.70. The van der Waals surface area contributed by atoms with Crippen molar-refractivity contribution in [2.45, 2.75) is 491 Å². The number of carbonyl (C=O) groups is 5. The van der Waals surface area contributed by atoms with Crippen LogP contribution in [0.2, 0.25) is 0 Å². The number of likely N-dealkylation sites (tertiary alicyclic amines) is 1. The molecule has 0 bridgehead atoms. The molecule has 15 nitrogen and oxygen atoms in total. The summed E-state index contributed by atoms with van der Waals surface area (Å²) in [5, 5.41) is 0. The van der Waals surface area contributed by atoms with E-state index in [2.05, 4.69) is 84.4 Å². The molecule has 1 saturated heterocycles. The Morgan fingerprint density at radius 1 is 0.357 bits per heavy atom. The Hall–Kier alpha value is -3.69. The van der Waals surface area contributed by atoms with Crippen molar-refractivity contribution in [3.05, 3.63) is 23.8 Å². The zero-order valence-electron chi connectivity index (χ0n) is 77.1. The van der Waals surface area contributed by atoms with E-state index in [-0.39, 0.29) is 37.2 Å². The predicted molar refractivity (Wildman–Crippen MR) is 482 cm³/mol. The van der Waals surface area contributed by atoms with Gasteiger partial charge in [-0.25, -0.2) is 9.59 Å². The molecule has 0 radical (unpaired) electrons. The van der Waals surface area contributed by atoms with Crippen molar-refractivity contribution in [3.63, 3.8) is 0 Å². The summed E-state index contributed by atoms with van der Waals surface area (Å²) in [5.41, 5.74) is 1.22. The van der Waals surface area contributed by atoms with E-state index in [9.17, 15) is 24.0 Å². The maximum atomic E-state index is 13.2. The Balaban J connectivity index is 2.56. The van der Waals surface area contributed by atoms with Gasteiger partial charge in [0, 0.05) is 31.9 Å². The SMILES string of the molecule is CCCCCC/C=C\COC(=O)OCCCCCCCCC(CCCCCCCCOC(=O)OC/C(=C\CCCCCC)C(CCC)CC(CCCCC)CCOC(=O)CCCCCCCCCC(CCCCCCCCCC(=O)OCCC(CCCCC)CCCCC)OCCCCN(C)C(C)C)OC(=O)CCCN1CCCC1. The van der Waals surface area contributed by atoms with Crippen molar-refractivity contribution in [3.8, 4) is 0 Å². The summed E-state index contributed by atoms with van der Waals surface area (Å²) in [6, 6.07) is 0.570. The molecule has 0 amide bonds. The van der Waals surface area contributed by atoms with Crippen molar-refractivity contribution in [1.82, 2.24) is 9.80 Å². The first-order chi connectivity index (χ1) is 56.3. The zero-order chi connectivity index (χ0) is 83.6. The van der Waals surface area contributed by atoms with Crippen LogP contribution in [0.1, 0.15) is 473 Å². The summed E-state index contributed by atoms with van der Waals surface area (Å²) in [4.78, 5) is 68.8. The molecule has 1 heterocycles. The Labute approximate surface area is 710 Å². The molecular formula is C100H188N2O13. The van der Waals surface area contributed by atoms with Crippen LogP contribution in [0.25, 0.3) is 0 Å². The molecule has 4 atom stereocenters. The lowest BCUT2D eigenvalue weighted by Gasteiger charge is -2.26. The van der Waals surface area contributed by atoms with Gasteiger partial charge in [0.1, 0.15) is 19.3 Å². The van der Waals surface area contributed by atoms with E-state index in [0.29, 0.717) is 75.6 Å². The van der Waals surface area contributed by atoms with Gasteiger partial charge >= 0.3 is 30.2 Å². The van der Waals surface area contributed by atoms with Crippen LogP contribution in [-0.2, 0) is 52.3 Å². The van der Waals surface area contributed by atoms with E-state index in [0.717, 1.165) is 238 Å². The van der Waals surface area contributed by atoms with Gasteiger partial charge in [-0.05, 0) is 218 Å². The van der Waals surface area contributed by atoms with Crippen LogP contribution in [0.3, 0.4) is 0 Å². The van der Waals surface area contributed by atoms with E-state index in [1.807, 2.05) is 6.08 Å². The number of esters is 3. The molecule has 676 valence electrons. The first kappa shape index (κ1) is 109. The summed E-state index contributed by atoms with van der Waals surface area (Å²) >= 11 is 0. The van der Waals surface area contributed by atoms with Crippen molar-refractivity contribution in [2.75, 3.05) is 79.5 Å². The molecular weight excluding hydrogens is 1440 g/mol. The van der Waals surface area contributed by atoms with Gasteiger partial charge in [0.2, 0.25) is 0 Å². The summed E-state index contributed by atoms with van der Waals surface area (Å²) in [6.45, 7) is 25.6. The second-order valence-corrected chi connectivity index (χ2v) is 35.1. The third kappa shape index (κ3) is 72.8. The fraction of sp³-hybridized carbons (Fsp3) is 0.910. The quantitative estimate of drug-likeness (QED) is 0.0244. The van der Waals surface area contributed by atoms with Crippen LogP contribution in [-0.4, -0.2) is 138 Å². The van der Waals surface area contributed by atoms with E-state index in [1.165, 1.54) is 198 Å². The molecule has 1 aliphatic heterocycles. The van der Waals surface area contributed by atoms with E-state index < -0.39 is 12.3 Å². The third-order valence-corrected chi connectivity index (χ3v) is 24.1. The highest BCUT2D eigenvalue weighted by Gasteiger charge is 2.23. The zero-order valence-corrected chi connectivity index (χ0v) is 77.1. The molecule has 15 heteroatoms. The first-order valence-electron chi connectivity index (χ1n) is 49.8. The van der Waals surface area contributed by atoms with Gasteiger partial charge in [-0.15, -0.1) is 0 Å². The van der Waals surface area contributed by atoms with Crippen LogP contribution in [0.15, 0.2) is 23.8 Å². The van der Waals surface area contributed by atoms with E-state index in [1.54, 1.807) is 0 Å². The molecule has 4 unspecified atom stereocenters.